The van der Waals surface area contributed by atoms with Crippen LogP contribution in [-0.4, -0.2) is 40.8 Å². The van der Waals surface area contributed by atoms with Gasteiger partial charge < -0.3 is 9.84 Å². The van der Waals surface area contributed by atoms with Crippen LogP contribution in [0.4, 0.5) is 10.7 Å². The monoisotopic (exact) mass is 256 g/mol. The van der Waals surface area contributed by atoms with Gasteiger partial charge in [0.1, 0.15) is 0 Å². The average molecular weight is 256 g/mol. The van der Waals surface area contributed by atoms with Crippen LogP contribution in [0.3, 0.4) is 0 Å². The molecular weight excluding hydrogens is 244 g/mol. The topological polar surface area (TPSA) is 123 Å². The largest absolute Gasteiger partial charge is 0.481 e. The molecule has 1 rings (SSSR count). The van der Waals surface area contributed by atoms with Gasteiger partial charge in [0.2, 0.25) is 11.8 Å². The van der Waals surface area contributed by atoms with Gasteiger partial charge >= 0.3 is 12.0 Å². The molecule has 9 heteroatoms. The highest BCUT2D eigenvalue weighted by Gasteiger charge is 2.07. The first-order valence-electron chi connectivity index (χ1n) is 4.81. The summed E-state index contributed by atoms with van der Waals surface area (Å²) >= 11 is 0. The van der Waals surface area contributed by atoms with Gasteiger partial charge in [-0.2, -0.15) is 4.98 Å². The number of nitrogens with zero attached hydrogens (tertiary/aromatic N) is 2. The van der Waals surface area contributed by atoms with Gasteiger partial charge in [0, 0.05) is 11.8 Å². The molecule has 0 saturated carbocycles. The van der Waals surface area contributed by atoms with Crippen LogP contribution in [0.1, 0.15) is 5.69 Å². The molecule has 0 radical (unpaired) electrons. The Morgan fingerprint density at radius 2 is 2.17 bits per heavy atom. The number of amides is 2. The fourth-order valence-electron chi connectivity index (χ4n) is 0.991. The number of urea groups is 1. The number of hydrogen-bond donors (Lipinski definition) is 3. The third kappa shape index (κ3) is 4.61. The Balaban J connectivity index is 2.53. The zero-order valence-electron chi connectivity index (χ0n) is 9.76. The molecule has 0 saturated heterocycles. The lowest BCUT2D eigenvalue weighted by Crippen LogP contribution is -2.31. The minimum absolute atomic E-state index is 0.0169. The van der Waals surface area contributed by atoms with E-state index >= 15 is 0 Å². The number of anilines is 1. The summed E-state index contributed by atoms with van der Waals surface area (Å²) in [4.78, 5) is 33.5. The number of ether oxygens (including phenoxy) is 1. The van der Waals surface area contributed by atoms with Crippen molar-refractivity contribution in [3.05, 3.63) is 11.8 Å². The number of carbonyl (C=O) groups excluding carboxylic acids is 1. The molecule has 0 fully saturated rings. The quantitative estimate of drug-likeness (QED) is 0.630. The molecule has 0 aliphatic carbocycles. The molecule has 0 spiro atoms. The van der Waals surface area contributed by atoms with Crippen molar-refractivity contribution < 1.29 is 24.3 Å². The molecule has 0 bridgehead atoms. The van der Waals surface area contributed by atoms with Gasteiger partial charge in [-0.25, -0.2) is 20.1 Å². The Hall–Kier alpha value is -2.42. The molecule has 0 aliphatic heterocycles. The van der Waals surface area contributed by atoms with Crippen LogP contribution in [-0.2, 0) is 9.63 Å². The Kier molecular flexibility index (Phi) is 4.81. The molecule has 3 N–H and O–H groups in total. The molecule has 1 heterocycles. The van der Waals surface area contributed by atoms with E-state index in [0.717, 1.165) is 0 Å². The first-order chi connectivity index (χ1) is 8.51. The van der Waals surface area contributed by atoms with E-state index in [1.165, 1.54) is 7.11 Å². The van der Waals surface area contributed by atoms with Gasteiger partial charge in [-0.05, 0) is 6.92 Å². The van der Waals surface area contributed by atoms with Crippen molar-refractivity contribution in [1.82, 2.24) is 15.4 Å². The second-order valence-electron chi connectivity index (χ2n) is 3.11. The Labute approximate surface area is 102 Å². The summed E-state index contributed by atoms with van der Waals surface area (Å²) < 4.78 is 4.90. The van der Waals surface area contributed by atoms with Crippen molar-refractivity contribution in [1.29, 1.82) is 0 Å². The zero-order chi connectivity index (χ0) is 13.5. The average Bonchev–Trinajstić information content (AvgIpc) is 2.27. The molecule has 1 aromatic rings. The fourth-order valence-corrected chi connectivity index (χ4v) is 0.991. The highest BCUT2D eigenvalue weighted by molar-refractivity contribution is 5.86. The highest BCUT2D eigenvalue weighted by atomic mass is 16.7. The number of aromatic nitrogens is 2. The van der Waals surface area contributed by atoms with E-state index in [2.05, 4.69) is 20.1 Å². The number of methoxy groups -OCH3 is 1. The molecule has 98 valence electrons. The molecule has 0 unspecified atom stereocenters. The molecule has 1 aromatic heterocycles. The van der Waals surface area contributed by atoms with Crippen LogP contribution in [0.2, 0.25) is 0 Å². The van der Waals surface area contributed by atoms with E-state index in [4.69, 9.17) is 9.84 Å². The normalized spacial score (nSPS) is 9.67. The van der Waals surface area contributed by atoms with Gasteiger partial charge in [-0.3, -0.25) is 10.2 Å². The number of nitrogens with one attached hydrogen (secondary N) is 2. The molecule has 18 heavy (non-hydrogen) atoms. The highest BCUT2D eigenvalue weighted by Crippen LogP contribution is 2.10. The third-order valence-corrected chi connectivity index (χ3v) is 1.63. The fraction of sp³-hybridized carbons (Fsp3) is 0.333. The number of aliphatic carboxylic acids is 1. The van der Waals surface area contributed by atoms with Gasteiger partial charge in [-0.1, -0.05) is 0 Å². The van der Waals surface area contributed by atoms with Crippen LogP contribution >= 0.6 is 0 Å². The minimum Gasteiger partial charge on any atom is -0.481 e. The van der Waals surface area contributed by atoms with Crippen LogP contribution in [0.25, 0.3) is 0 Å². The summed E-state index contributed by atoms with van der Waals surface area (Å²) in [6, 6.07) is 0.799. The van der Waals surface area contributed by atoms with Crippen LogP contribution < -0.4 is 15.5 Å². The molecule has 0 aromatic carbocycles. The van der Waals surface area contributed by atoms with Crippen molar-refractivity contribution in [3.8, 4) is 5.88 Å². The second-order valence-corrected chi connectivity index (χ2v) is 3.11. The summed E-state index contributed by atoms with van der Waals surface area (Å²) in [7, 11) is 1.43. The second kappa shape index (κ2) is 6.35. The first-order valence-corrected chi connectivity index (χ1v) is 4.81. The molecule has 0 atom stereocenters. The number of rotatable bonds is 5. The first kappa shape index (κ1) is 13.6. The SMILES string of the molecule is COc1cc(C)nc(NC(=O)NOCC(=O)O)n1. The number of aryl methyl sites for hydroxylation is 1. The lowest BCUT2D eigenvalue weighted by Gasteiger charge is -2.07. The van der Waals surface area contributed by atoms with Crippen molar-refractivity contribution in [2.45, 2.75) is 6.92 Å². The van der Waals surface area contributed by atoms with Crippen molar-refractivity contribution in [3.63, 3.8) is 0 Å². The van der Waals surface area contributed by atoms with Gasteiger partial charge in [-0.15, -0.1) is 0 Å². The van der Waals surface area contributed by atoms with Gasteiger partial charge in [0.25, 0.3) is 0 Å². The van der Waals surface area contributed by atoms with Crippen LogP contribution in [0, 0.1) is 6.92 Å². The maximum atomic E-state index is 11.2. The Bertz CT molecular complexity index is 451. The predicted octanol–water partition coefficient (Wildman–Crippen LogP) is -0.0687. The summed E-state index contributed by atoms with van der Waals surface area (Å²) in [5.74, 6) is -0.892. The number of hydroxylamine groups is 1. The van der Waals surface area contributed by atoms with Gasteiger partial charge in [0.05, 0.1) is 7.11 Å². The van der Waals surface area contributed by atoms with Crippen LogP contribution in [0.15, 0.2) is 6.07 Å². The van der Waals surface area contributed by atoms with E-state index in [9.17, 15) is 9.59 Å². The van der Waals surface area contributed by atoms with E-state index < -0.39 is 18.6 Å². The number of carboxylic acids is 1. The molecule has 0 aliphatic rings. The molecule has 2 amide bonds. The summed E-state index contributed by atoms with van der Waals surface area (Å²) in [5, 5.41) is 10.5. The number of hydrogen-bond acceptors (Lipinski definition) is 6. The third-order valence-electron chi connectivity index (χ3n) is 1.63. The smallest absolute Gasteiger partial charge is 0.345 e. The zero-order valence-corrected chi connectivity index (χ0v) is 9.76. The minimum atomic E-state index is -1.20. The molecule has 9 nitrogen and oxygen atoms in total. The lowest BCUT2D eigenvalue weighted by atomic mass is 10.4. The Morgan fingerprint density at radius 3 is 2.78 bits per heavy atom. The van der Waals surface area contributed by atoms with E-state index in [-0.39, 0.29) is 5.95 Å². The number of carbonyl (C=O) groups is 2. The molecular formula is C9H12N4O5. The predicted molar refractivity (Wildman–Crippen MR) is 59.1 cm³/mol. The van der Waals surface area contributed by atoms with Crippen molar-refractivity contribution in [2.24, 2.45) is 0 Å². The Morgan fingerprint density at radius 1 is 1.44 bits per heavy atom. The van der Waals surface area contributed by atoms with Gasteiger partial charge in [0.15, 0.2) is 6.61 Å². The lowest BCUT2D eigenvalue weighted by molar-refractivity contribution is -0.143. The summed E-state index contributed by atoms with van der Waals surface area (Å²) in [6.45, 7) is 1.06. The van der Waals surface area contributed by atoms with Crippen molar-refractivity contribution in [2.75, 3.05) is 19.0 Å². The van der Waals surface area contributed by atoms with E-state index in [1.807, 2.05) is 5.48 Å². The summed E-state index contributed by atoms with van der Waals surface area (Å²) in [5.41, 5.74) is 2.47. The van der Waals surface area contributed by atoms with Crippen LogP contribution in [0.5, 0.6) is 5.88 Å². The summed E-state index contributed by atoms with van der Waals surface area (Å²) in [6.07, 6.45) is 0. The maximum absolute atomic E-state index is 11.2. The van der Waals surface area contributed by atoms with Crippen molar-refractivity contribution >= 4 is 17.9 Å². The van der Waals surface area contributed by atoms with E-state index in [0.29, 0.717) is 11.6 Å². The number of carboxylic acid groups (broad SMARTS) is 1. The standard InChI is InChI=1S/C9H12N4O5/c1-5-3-6(17-2)11-8(10-5)12-9(16)13-18-4-7(14)15/h3H,4H2,1-2H3,(H,14,15)(H2,10,11,12,13,16). The van der Waals surface area contributed by atoms with E-state index in [1.54, 1.807) is 13.0 Å². The maximum Gasteiger partial charge on any atom is 0.345 e.